The van der Waals surface area contributed by atoms with Gasteiger partial charge in [-0.3, -0.25) is 0 Å². The molecule has 0 amide bonds. The minimum Gasteiger partial charge on any atom is -0.189 e. The van der Waals surface area contributed by atoms with Crippen LogP contribution < -0.4 is 0 Å². The van der Waals surface area contributed by atoms with Gasteiger partial charge in [0.25, 0.3) is 0 Å². The van der Waals surface area contributed by atoms with Gasteiger partial charge in [0.15, 0.2) is 0 Å². The first-order valence-electron chi connectivity index (χ1n) is 2.84. The molecule has 0 atom stereocenters. The maximum absolute atomic E-state index is 12.2. The normalized spacial score (nSPS) is 22.3. The monoisotopic (exact) mass is 232 g/mol. The summed E-state index contributed by atoms with van der Waals surface area (Å²) in [4.78, 5) is 5.49. The van der Waals surface area contributed by atoms with Gasteiger partial charge in [0.1, 0.15) is 0 Å². The van der Waals surface area contributed by atoms with Gasteiger partial charge in [-0.25, -0.2) is 0 Å². The topological polar surface area (TPSA) is 25.1 Å². The molecule has 0 aromatic rings. The van der Waals surface area contributed by atoms with Gasteiger partial charge in [-0.05, 0) is 0 Å². The van der Waals surface area contributed by atoms with Crippen molar-refractivity contribution in [2.75, 3.05) is 0 Å². The van der Waals surface area contributed by atoms with E-state index in [9.17, 15) is 35.1 Å². The highest BCUT2D eigenvalue weighted by molar-refractivity contribution is 4.98. The molecule has 10 heteroatoms. The summed E-state index contributed by atoms with van der Waals surface area (Å²) < 4.78 is 94.6. The van der Waals surface area contributed by atoms with Crippen LogP contribution in [0.25, 0.3) is 0 Å². The molecule has 14 heavy (non-hydrogen) atoms. The number of hydrogen-bond acceptors (Lipinski definition) is 2. The Kier molecular flexibility index (Phi) is 2.03. The second-order valence-electron chi connectivity index (χ2n) is 2.35. The van der Waals surface area contributed by atoms with Crippen molar-refractivity contribution in [1.29, 1.82) is 0 Å². The molecular weight excluding hydrogens is 232 g/mol. The second kappa shape index (κ2) is 2.48. The molecular formula is C4F8O2. The number of hydrogen-bond donors (Lipinski definition) is 0. The van der Waals surface area contributed by atoms with Crippen LogP contribution in [0.2, 0.25) is 0 Å². The summed E-state index contributed by atoms with van der Waals surface area (Å²) in [5, 5.41) is 0. The van der Waals surface area contributed by atoms with Crippen LogP contribution in [0.5, 0.6) is 0 Å². The fourth-order valence-corrected chi connectivity index (χ4v) is 0.507. The Labute approximate surface area is 70.3 Å². The second-order valence-corrected chi connectivity index (χ2v) is 2.35. The fourth-order valence-electron chi connectivity index (χ4n) is 0.507. The minimum absolute atomic E-state index is 2.75. The Bertz CT molecular complexity index is 225. The van der Waals surface area contributed by atoms with E-state index >= 15 is 0 Å². The Hall–Kier alpha value is -0.640. The summed E-state index contributed by atoms with van der Waals surface area (Å²) in [7, 11) is 0. The molecule has 1 fully saturated rings. The molecule has 84 valence electrons. The lowest BCUT2D eigenvalue weighted by molar-refractivity contribution is -0.381. The van der Waals surface area contributed by atoms with E-state index in [4.69, 9.17) is 0 Å². The van der Waals surface area contributed by atoms with Crippen molar-refractivity contribution >= 4 is 0 Å². The zero-order valence-corrected chi connectivity index (χ0v) is 5.84. The van der Waals surface area contributed by atoms with Crippen LogP contribution in [0.4, 0.5) is 35.1 Å². The molecule has 1 saturated heterocycles. The van der Waals surface area contributed by atoms with Gasteiger partial charge in [-0.15, -0.1) is 0 Å². The molecule has 1 rings (SSSR count). The van der Waals surface area contributed by atoms with Crippen LogP contribution in [-0.2, 0) is 9.78 Å². The highest BCUT2D eigenvalue weighted by atomic mass is 19.4. The van der Waals surface area contributed by atoms with Crippen LogP contribution >= 0.6 is 0 Å². The van der Waals surface area contributed by atoms with E-state index in [1.54, 1.807) is 0 Å². The Morgan fingerprint density at radius 1 is 0.786 bits per heavy atom. The van der Waals surface area contributed by atoms with Crippen LogP contribution in [-0.4, -0.2) is 24.1 Å². The average Bonchev–Trinajstić information content (AvgIpc) is 2.66. The van der Waals surface area contributed by atoms with Crippen molar-refractivity contribution in [3.8, 4) is 0 Å². The van der Waals surface area contributed by atoms with Crippen molar-refractivity contribution in [1.82, 2.24) is 0 Å². The van der Waals surface area contributed by atoms with E-state index in [0.717, 1.165) is 0 Å². The molecule has 0 bridgehead atoms. The molecule has 0 unspecified atom stereocenters. The predicted octanol–water partition coefficient (Wildman–Crippen LogP) is 2.40. The summed E-state index contributed by atoms with van der Waals surface area (Å²) in [5.41, 5.74) is 0. The third kappa shape index (κ3) is 1.24. The van der Waals surface area contributed by atoms with Crippen molar-refractivity contribution in [3.05, 3.63) is 0 Å². The van der Waals surface area contributed by atoms with Gasteiger partial charge in [0.05, 0.1) is 0 Å². The fraction of sp³-hybridized carbons (Fsp3) is 1.00. The standard InChI is InChI=1S/C4F8O2/c5-1(6,3(9,10)11)2(7,8)4(12)13-14-4. The van der Waals surface area contributed by atoms with E-state index in [0.29, 0.717) is 0 Å². The van der Waals surface area contributed by atoms with E-state index in [-0.39, 0.29) is 0 Å². The molecule has 0 aromatic heterocycles. The van der Waals surface area contributed by atoms with Crippen LogP contribution in [0.3, 0.4) is 0 Å². The molecule has 0 spiro atoms. The van der Waals surface area contributed by atoms with Gasteiger partial charge >= 0.3 is 24.1 Å². The largest absolute Gasteiger partial charge is 0.460 e. The zero-order valence-electron chi connectivity index (χ0n) is 5.84. The Morgan fingerprint density at radius 2 is 1.14 bits per heavy atom. The first-order chi connectivity index (χ1) is 5.96. The lowest BCUT2D eigenvalue weighted by Crippen LogP contribution is -2.58. The van der Waals surface area contributed by atoms with Gasteiger partial charge < -0.3 is 0 Å². The summed E-state index contributed by atoms with van der Waals surface area (Å²) >= 11 is 0. The zero-order chi connectivity index (χ0) is 11.4. The van der Waals surface area contributed by atoms with Crippen molar-refractivity contribution in [2.45, 2.75) is 24.1 Å². The number of alkyl halides is 8. The quantitative estimate of drug-likeness (QED) is 0.415. The molecule has 1 aliphatic rings. The van der Waals surface area contributed by atoms with Gasteiger partial charge in [-0.1, -0.05) is 0 Å². The highest BCUT2D eigenvalue weighted by Gasteiger charge is 2.88. The molecule has 2 nitrogen and oxygen atoms in total. The molecule has 0 radical (unpaired) electrons. The maximum Gasteiger partial charge on any atom is 0.460 e. The SMILES string of the molecule is FC(F)(F)C(F)(F)C(F)(F)C1(F)OO1. The van der Waals surface area contributed by atoms with E-state index in [1.807, 2.05) is 0 Å². The molecule has 1 aliphatic heterocycles. The molecule has 0 aliphatic carbocycles. The van der Waals surface area contributed by atoms with Gasteiger partial charge in [-0.2, -0.15) is 44.9 Å². The van der Waals surface area contributed by atoms with Crippen LogP contribution in [0, 0.1) is 0 Å². The molecule has 0 N–H and O–H groups in total. The summed E-state index contributed by atoms with van der Waals surface area (Å²) in [6.07, 6.45) is -6.61. The first kappa shape index (κ1) is 11.4. The van der Waals surface area contributed by atoms with Crippen LogP contribution in [0.15, 0.2) is 0 Å². The van der Waals surface area contributed by atoms with Crippen molar-refractivity contribution in [2.24, 2.45) is 0 Å². The molecule has 0 saturated carbocycles. The van der Waals surface area contributed by atoms with Gasteiger partial charge in [0, 0.05) is 0 Å². The number of rotatable bonds is 2. The molecule has 1 heterocycles. The highest BCUT2D eigenvalue weighted by Crippen LogP contribution is 2.57. The average molecular weight is 232 g/mol. The number of halogens is 8. The van der Waals surface area contributed by atoms with E-state index in [1.165, 1.54) is 0 Å². The lowest BCUT2D eigenvalue weighted by atomic mass is 10.1. The smallest absolute Gasteiger partial charge is 0.189 e. The third-order valence-corrected chi connectivity index (χ3v) is 1.36. The van der Waals surface area contributed by atoms with Crippen LogP contribution in [0.1, 0.15) is 0 Å². The van der Waals surface area contributed by atoms with Crippen molar-refractivity contribution in [3.63, 3.8) is 0 Å². The van der Waals surface area contributed by atoms with E-state index < -0.39 is 24.1 Å². The summed E-state index contributed by atoms with van der Waals surface area (Å²) in [6.45, 7) is 0. The Balaban J connectivity index is 3.03. The van der Waals surface area contributed by atoms with Crippen molar-refractivity contribution < 1.29 is 44.9 Å². The van der Waals surface area contributed by atoms with E-state index in [2.05, 4.69) is 9.78 Å². The predicted molar refractivity (Wildman–Crippen MR) is 22.0 cm³/mol. The molecule has 0 aromatic carbocycles. The van der Waals surface area contributed by atoms with Gasteiger partial charge in [0.2, 0.25) is 0 Å². The Morgan fingerprint density at radius 3 is 1.36 bits per heavy atom. The summed E-state index contributed by atoms with van der Waals surface area (Å²) in [5.74, 6) is -12.7. The lowest BCUT2D eigenvalue weighted by Gasteiger charge is -2.26. The maximum atomic E-state index is 12.2. The minimum atomic E-state index is -6.61. The third-order valence-electron chi connectivity index (χ3n) is 1.36. The summed E-state index contributed by atoms with van der Waals surface area (Å²) in [6, 6.07) is -4.72. The first-order valence-corrected chi connectivity index (χ1v) is 2.84.